The van der Waals surface area contributed by atoms with Gasteiger partial charge in [0.25, 0.3) is 0 Å². The molecule has 0 aromatic heterocycles. The van der Waals surface area contributed by atoms with Crippen molar-refractivity contribution < 1.29 is 0 Å². The maximum Gasteiger partial charge on any atom is 0.0382 e. The molecule has 0 aliphatic heterocycles. The largest absolute Gasteiger partial charge is 0.401 e. The topological polar surface area (TPSA) is 81.3 Å². The van der Waals surface area contributed by atoms with Crippen molar-refractivity contribution >= 4 is 0 Å². The van der Waals surface area contributed by atoms with Gasteiger partial charge < -0.3 is 17.2 Å². The number of hydrogen-bond donors (Lipinski definition) is 3. The van der Waals surface area contributed by atoms with E-state index in [4.69, 9.17) is 17.2 Å². The van der Waals surface area contributed by atoms with Gasteiger partial charge in [-0.3, -0.25) is 4.90 Å². The van der Waals surface area contributed by atoms with E-state index in [1.54, 1.807) is 0 Å². The quantitative estimate of drug-likeness (QED) is 0.527. The van der Waals surface area contributed by atoms with Crippen molar-refractivity contribution in [1.29, 1.82) is 0 Å². The Kier molecular flexibility index (Phi) is 4.69. The second-order valence-electron chi connectivity index (χ2n) is 3.12. The zero-order chi connectivity index (χ0) is 10.4. The van der Waals surface area contributed by atoms with Gasteiger partial charge in [0.05, 0.1) is 0 Å². The molecule has 4 nitrogen and oxygen atoms in total. The second kappa shape index (κ2) is 5.27. The third-order valence-corrected chi connectivity index (χ3v) is 1.28. The minimum atomic E-state index is 0.548. The van der Waals surface area contributed by atoms with Crippen LogP contribution in [-0.2, 0) is 0 Å². The molecule has 0 aliphatic rings. The SMILES string of the molecule is C=C(N)CN(CC(=C)N)CC(=C)N. The molecule has 0 aromatic carbocycles. The molecule has 4 heteroatoms. The van der Waals surface area contributed by atoms with Crippen LogP contribution in [0.2, 0.25) is 0 Å². The van der Waals surface area contributed by atoms with Crippen LogP contribution in [0.25, 0.3) is 0 Å². The molecule has 0 spiro atoms. The van der Waals surface area contributed by atoms with E-state index < -0.39 is 0 Å². The Morgan fingerprint density at radius 3 is 1.15 bits per heavy atom. The lowest BCUT2D eigenvalue weighted by Crippen LogP contribution is -2.34. The first-order valence-corrected chi connectivity index (χ1v) is 3.94. The summed E-state index contributed by atoms with van der Waals surface area (Å²) in [4.78, 5) is 1.92. The standard InChI is InChI=1S/C9H18N4/c1-7(10)4-13(5-8(2)11)6-9(3)12/h1-6,10-12H2. The average molecular weight is 182 g/mol. The molecule has 0 unspecified atom stereocenters. The predicted octanol–water partition coefficient (Wildman–Crippen LogP) is -0.294. The normalized spacial score (nSPS) is 9.92. The molecule has 0 saturated carbocycles. The highest BCUT2D eigenvalue weighted by molar-refractivity contribution is 5.00. The van der Waals surface area contributed by atoms with Crippen LogP contribution in [0.3, 0.4) is 0 Å². The van der Waals surface area contributed by atoms with Gasteiger partial charge in [-0.1, -0.05) is 19.7 Å². The summed E-state index contributed by atoms with van der Waals surface area (Å²) in [5, 5.41) is 0. The van der Waals surface area contributed by atoms with Crippen LogP contribution in [0.15, 0.2) is 36.8 Å². The Morgan fingerprint density at radius 1 is 0.769 bits per heavy atom. The van der Waals surface area contributed by atoms with Crippen molar-refractivity contribution in [2.45, 2.75) is 0 Å². The van der Waals surface area contributed by atoms with Crippen molar-refractivity contribution in [3.8, 4) is 0 Å². The fourth-order valence-corrected chi connectivity index (χ4v) is 1.03. The molecule has 6 N–H and O–H groups in total. The average Bonchev–Trinajstić information content (AvgIpc) is 1.80. The summed E-state index contributed by atoms with van der Waals surface area (Å²) in [6.07, 6.45) is 0. The summed E-state index contributed by atoms with van der Waals surface area (Å²) in [5.74, 6) is 0. The summed E-state index contributed by atoms with van der Waals surface area (Å²) >= 11 is 0. The Morgan fingerprint density at radius 2 is 1.00 bits per heavy atom. The molecular formula is C9H18N4. The van der Waals surface area contributed by atoms with Crippen molar-refractivity contribution in [2.75, 3.05) is 19.6 Å². The first-order valence-electron chi connectivity index (χ1n) is 3.94. The van der Waals surface area contributed by atoms with Gasteiger partial charge in [-0.2, -0.15) is 0 Å². The van der Waals surface area contributed by atoms with E-state index in [9.17, 15) is 0 Å². The Bertz CT molecular complexity index is 182. The maximum absolute atomic E-state index is 5.47. The molecule has 0 aliphatic carbocycles. The van der Waals surface area contributed by atoms with Crippen LogP contribution in [0, 0.1) is 0 Å². The first-order chi connectivity index (χ1) is 5.91. The van der Waals surface area contributed by atoms with Crippen LogP contribution in [0.5, 0.6) is 0 Å². The molecule has 0 heterocycles. The summed E-state index contributed by atoms with van der Waals surface area (Å²) < 4.78 is 0. The smallest absolute Gasteiger partial charge is 0.0382 e. The lowest BCUT2D eigenvalue weighted by atomic mass is 10.3. The molecule has 0 bridgehead atoms. The zero-order valence-electron chi connectivity index (χ0n) is 7.92. The lowest BCUT2D eigenvalue weighted by Gasteiger charge is -2.21. The summed E-state index contributed by atoms with van der Waals surface area (Å²) in [5.41, 5.74) is 18.1. The van der Waals surface area contributed by atoms with Crippen molar-refractivity contribution in [1.82, 2.24) is 4.90 Å². The van der Waals surface area contributed by atoms with Crippen LogP contribution in [0.4, 0.5) is 0 Å². The van der Waals surface area contributed by atoms with E-state index in [-0.39, 0.29) is 0 Å². The first kappa shape index (κ1) is 11.6. The van der Waals surface area contributed by atoms with Crippen molar-refractivity contribution in [3.05, 3.63) is 36.8 Å². The van der Waals surface area contributed by atoms with Gasteiger partial charge in [-0.15, -0.1) is 0 Å². The summed E-state index contributed by atoms with van der Waals surface area (Å²) in [7, 11) is 0. The lowest BCUT2D eigenvalue weighted by molar-refractivity contribution is 0.345. The minimum Gasteiger partial charge on any atom is -0.401 e. The molecule has 0 aromatic rings. The third kappa shape index (κ3) is 6.96. The van der Waals surface area contributed by atoms with Gasteiger partial charge in [0, 0.05) is 36.7 Å². The summed E-state index contributed by atoms with van der Waals surface area (Å²) in [6, 6.07) is 0. The maximum atomic E-state index is 5.47. The van der Waals surface area contributed by atoms with Gasteiger partial charge in [-0.05, 0) is 0 Å². The fraction of sp³-hybridized carbons (Fsp3) is 0.333. The van der Waals surface area contributed by atoms with E-state index in [1.807, 2.05) is 4.90 Å². The Balaban J connectivity index is 4.10. The van der Waals surface area contributed by atoms with Crippen LogP contribution < -0.4 is 17.2 Å². The van der Waals surface area contributed by atoms with E-state index in [0.717, 1.165) is 0 Å². The Hall–Kier alpha value is -1.42. The zero-order valence-corrected chi connectivity index (χ0v) is 7.92. The van der Waals surface area contributed by atoms with Gasteiger partial charge in [0.2, 0.25) is 0 Å². The Labute approximate surface area is 79.4 Å². The minimum absolute atomic E-state index is 0.548. The van der Waals surface area contributed by atoms with Gasteiger partial charge >= 0.3 is 0 Å². The van der Waals surface area contributed by atoms with Crippen LogP contribution in [0.1, 0.15) is 0 Å². The molecule has 0 amide bonds. The van der Waals surface area contributed by atoms with Crippen molar-refractivity contribution in [3.63, 3.8) is 0 Å². The summed E-state index contributed by atoms with van der Waals surface area (Å²) in [6.45, 7) is 12.5. The van der Waals surface area contributed by atoms with E-state index >= 15 is 0 Å². The number of rotatable bonds is 6. The fourth-order valence-electron chi connectivity index (χ4n) is 1.03. The monoisotopic (exact) mass is 182 g/mol. The van der Waals surface area contributed by atoms with Crippen LogP contribution in [-0.4, -0.2) is 24.5 Å². The highest BCUT2D eigenvalue weighted by Gasteiger charge is 2.05. The molecule has 0 radical (unpaired) electrons. The highest BCUT2D eigenvalue weighted by Crippen LogP contribution is 1.96. The van der Waals surface area contributed by atoms with Gasteiger partial charge in [0.1, 0.15) is 0 Å². The molecule has 0 rings (SSSR count). The van der Waals surface area contributed by atoms with Gasteiger partial charge in [0.15, 0.2) is 0 Å². The number of nitrogens with two attached hydrogens (primary N) is 3. The second-order valence-corrected chi connectivity index (χ2v) is 3.12. The van der Waals surface area contributed by atoms with E-state index in [1.165, 1.54) is 0 Å². The number of nitrogens with zero attached hydrogens (tertiary/aromatic N) is 1. The highest BCUT2D eigenvalue weighted by atomic mass is 15.1. The molecule has 74 valence electrons. The van der Waals surface area contributed by atoms with E-state index in [2.05, 4.69) is 19.7 Å². The molecule has 0 saturated heterocycles. The molecule has 13 heavy (non-hydrogen) atoms. The predicted molar refractivity (Wildman–Crippen MR) is 56.4 cm³/mol. The van der Waals surface area contributed by atoms with Gasteiger partial charge in [-0.25, -0.2) is 0 Å². The van der Waals surface area contributed by atoms with Crippen LogP contribution >= 0.6 is 0 Å². The third-order valence-electron chi connectivity index (χ3n) is 1.28. The molecular weight excluding hydrogens is 164 g/mol. The van der Waals surface area contributed by atoms with E-state index in [0.29, 0.717) is 36.7 Å². The van der Waals surface area contributed by atoms with Crippen molar-refractivity contribution in [2.24, 2.45) is 17.2 Å². The number of hydrogen-bond acceptors (Lipinski definition) is 4. The molecule has 0 atom stereocenters. The molecule has 0 fully saturated rings.